The van der Waals surface area contributed by atoms with E-state index in [1.165, 1.54) is 5.56 Å². The second kappa shape index (κ2) is 6.85. The summed E-state index contributed by atoms with van der Waals surface area (Å²) >= 11 is 6.03. The van der Waals surface area contributed by atoms with Crippen LogP contribution in [-0.2, 0) is 0 Å². The Hall–Kier alpha value is -1.78. The van der Waals surface area contributed by atoms with E-state index in [9.17, 15) is 5.11 Å². The first-order valence-electron chi connectivity index (χ1n) is 8.86. The van der Waals surface area contributed by atoms with Crippen molar-refractivity contribution in [3.63, 3.8) is 0 Å². The summed E-state index contributed by atoms with van der Waals surface area (Å²) in [5.74, 6) is 2.79. The van der Waals surface area contributed by atoms with Crippen LogP contribution in [0.4, 0.5) is 5.82 Å². The van der Waals surface area contributed by atoms with Crippen molar-refractivity contribution in [2.75, 3.05) is 18.0 Å². The summed E-state index contributed by atoms with van der Waals surface area (Å²) < 4.78 is 6.05. The molecule has 0 spiro atoms. The Morgan fingerprint density at radius 3 is 2.72 bits per heavy atom. The molecule has 1 aromatic carbocycles. The molecule has 4 rings (SSSR count). The minimum absolute atomic E-state index is 0.176. The highest BCUT2D eigenvalue weighted by molar-refractivity contribution is 6.30. The van der Waals surface area contributed by atoms with Crippen LogP contribution in [0, 0.1) is 18.8 Å². The van der Waals surface area contributed by atoms with Gasteiger partial charge in [0.25, 0.3) is 0 Å². The van der Waals surface area contributed by atoms with Crippen LogP contribution in [0.25, 0.3) is 0 Å². The second-order valence-electron chi connectivity index (χ2n) is 7.27. The van der Waals surface area contributed by atoms with Gasteiger partial charge in [0.1, 0.15) is 17.7 Å². The third-order valence-electron chi connectivity index (χ3n) is 5.39. The molecule has 1 saturated carbocycles. The highest BCUT2D eigenvalue weighted by Crippen LogP contribution is 2.39. The fourth-order valence-electron chi connectivity index (χ4n) is 4.11. The van der Waals surface area contributed by atoms with E-state index < -0.39 is 6.10 Å². The Bertz CT molecular complexity index is 754. The third-order valence-corrected chi connectivity index (χ3v) is 5.63. The number of benzene rings is 1. The number of ether oxygens (including phenoxy) is 1. The van der Waals surface area contributed by atoms with Crippen molar-refractivity contribution in [3.05, 3.63) is 53.2 Å². The van der Waals surface area contributed by atoms with E-state index >= 15 is 0 Å². The highest BCUT2D eigenvalue weighted by Gasteiger charge is 2.43. The lowest BCUT2D eigenvalue weighted by atomic mass is 9.78. The number of halogens is 1. The van der Waals surface area contributed by atoms with Crippen molar-refractivity contribution in [1.29, 1.82) is 0 Å². The summed E-state index contributed by atoms with van der Waals surface area (Å²) in [6.45, 7) is 4.03. The summed E-state index contributed by atoms with van der Waals surface area (Å²) in [6.07, 6.45) is 2.89. The van der Waals surface area contributed by atoms with Gasteiger partial charge in [0, 0.05) is 24.3 Å². The van der Waals surface area contributed by atoms with E-state index in [4.69, 9.17) is 16.3 Å². The van der Waals surface area contributed by atoms with Crippen LogP contribution < -0.4 is 9.64 Å². The SMILES string of the molecule is Cc1ccnc(N2C[C@H]3C[C@@H](Oc4cccc(Cl)c4)[C@H](O)C[C@H]3C2)c1. The molecular weight excluding hydrogens is 336 g/mol. The van der Waals surface area contributed by atoms with Crippen LogP contribution in [-0.4, -0.2) is 35.4 Å². The van der Waals surface area contributed by atoms with Gasteiger partial charge in [-0.1, -0.05) is 17.7 Å². The van der Waals surface area contributed by atoms with Gasteiger partial charge in [-0.15, -0.1) is 0 Å². The van der Waals surface area contributed by atoms with E-state index in [1.807, 2.05) is 30.5 Å². The predicted octanol–water partition coefficient (Wildman–Crippen LogP) is 3.70. The fraction of sp³-hybridized carbons (Fsp3) is 0.450. The first-order chi connectivity index (χ1) is 12.1. The van der Waals surface area contributed by atoms with Gasteiger partial charge in [0.15, 0.2) is 0 Å². The summed E-state index contributed by atoms with van der Waals surface area (Å²) in [7, 11) is 0. The predicted molar refractivity (Wildman–Crippen MR) is 99.3 cm³/mol. The maximum atomic E-state index is 10.6. The molecule has 0 radical (unpaired) electrons. The van der Waals surface area contributed by atoms with Gasteiger partial charge in [-0.05, 0) is 67.5 Å². The van der Waals surface area contributed by atoms with Gasteiger partial charge in [-0.3, -0.25) is 0 Å². The fourth-order valence-corrected chi connectivity index (χ4v) is 4.29. The van der Waals surface area contributed by atoms with Crippen molar-refractivity contribution in [2.24, 2.45) is 11.8 Å². The van der Waals surface area contributed by atoms with E-state index in [2.05, 4.69) is 22.9 Å². The van der Waals surface area contributed by atoms with Crippen molar-refractivity contribution in [3.8, 4) is 5.75 Å². The molecule has 25 heavy (non-hydrogen) atoms. The van der Waals surface area contributed by atoms with Crippen molar-refractivity contribution in [2.45, 2.75) is 32.0 Å². The first kappa shape index (κ1) is 16.7. The summed E-state index contributed by atoms with van der Waals surface area (Å²) in [5, 5.41) is 11.2. The molecule has 0 unspecified atom stereocenters. The zero-order valence-corrected chi connectivity index (χ0v) is 15.1. The molecule has 1 N–H and O–H groups in total. The lowest BCUT2D eigenvalue weighted by molar-refractivity contribution is -0.0231. The number of aryl methyl sites for hydroxylation is 1. The van der Waals surface area contributed by atoms with Crippen molar-refractivity contribution < 1.29 is 9.84 Å². The quantitative estimate of drug-likeness (QED) is 0.908. The highest BCUT2D eigenvalue weighted by atomic mass is 35.5. The summed E-state index contributed by atoms with van der Waals surface area (Å²) in [6, 6.07) is 11.5. The Balaban J connectivity index is 1.45. The zero-order valence-electron chi connectivity index (χ0n) is 14.3. The van der Waals surface area contributed by atoms with Crippen LogP contribution >= 0.6 is 11.6 Å². The number of hydrogen-bond donors (Lipinski definition) is 1. The third kappa shape index (κ3) is 3.60. The monoisotopic (exact) mass is 358 g/mol. The van der Waals surface area contributed by atoms with Crippen LogP contribution in [0.15, 0.2) is 42.6 Å². The number of hydrogen-bond acceptors (Lipinski definition) is 4. The van der Waals surface area contributed by atoms with E-state index in [0.717, 1.165) is 37.5 Å². The number of nitrogens with zero attached hydrogens (tertiary/aromatic N) is 2. The Morgan fingerprint density at radius 2 is 1.96 bits per heavy atom. The normalized spacial score (nSPS) is 28.7. The van der Waals surface area contributed by atoms with Gasteiger partial charge in [-0.2, -0.15) is 0 Å². The molecule has 1 aromatic heterocycles. The number of aromatic nitrogens is 1. The van der Waals surface area contributed by atoms with Gasteiger partial charge >= 0.3 is 0 Å². The Morgan fingerprint density at radius 1 is 1.16 bits per heavy atom. The maximum Gasteiger partial charge on any atom is 0.128 e. The van der Waals surface area contributed by atoms with Gasteiger partial charge in [0.05, 0.1) is 6.10 Å². The molecule has 2 fully saturated rings. The number of aliphatic hydroxyl groups excluding tert-OH is 1. The molecule has 0 amide bonds. The maximum absolute atomic E-state index is 10.6. The van der Waals surface area contributed by atoms with Crippen LogP contribution in [0.5, 0.6) is 5.75 Å². The molecule has 2 aromatic rings. The Kier molecular flexibility index (Phi) is 4.57. The molecule has 1 saturated heterocycles. The zero-order chi connectivity index (χ0) is 17.4. The van der Waals surface area contributed by atoms with E-state index in [-0.39, 0.29) is 6.10 Å². The lowest BCUT2D eigenvalue weighted by Gasteiger charge is -2.35. The number of aliphatic hydroxyl groups is 1. The first-order valence-corrected chi connectivity index (χ1v) is 9.24. The molecule has 2 aliphatic rings. The number of rotatable bonds is 3. The molecule has 2 heterocycles. The van der Waals surface area contributed by atoms with Crippen LogP contribution in [0.3, 0.4) is 0 Å². The number of fused-ring (bicyclic) bond motifs is 1. The van der Waals surface area contributed by atoms with Gasteiger partial charge in [-0.25, -0.2) is 4.98 Å². The average Bonchev–Trinajstić information content (AvgIpc) is 2.98. The number of anilines is 1. The second-order valence-corrected chi connectivity index (χ2v) is 7.71. The van der Waals surface area contributed by atoms with Crippen molar-refractivity contribution >= 4 is 17.4 Å². The number of pyridine rings is 1. The molecule has 132 valence electrons. The topological polar surface area (TPSA) is 45.6 Å². The van der Waals surface area contributed by atoms with Gasteiger partial charge in [0.2, 0.25) is 0 Å². The van der Waals surface area contributed by atoms with Crippen LogP contribution in [0.1, 0.15) is 18.4 Å². The molecule has 1 aliphatic heterocycles. The largest absolute Gasteiger partial charge is 0.488 e. The molecule has 4 nitrogen and oxygen atoms in total. The molecule has 4 atom stereocenters. The summed E-state index contributed by atoms with van der Waals surface area (Å²) in [5.41, 5.74) is 1.22. The molecule has 0 bridgehead atoms. The van der Waals surface area contributed by atoms with Crippen LogP contribution in [0.2, 0.25) is 5.02 Å². The van der Waals surface area contributed by atoms with E-state index in [0.29, 0.717) is 16.9 Å². The average molecular weight is 359 g/mol. The Labute approximate surface area is 153 Å². The van der Waals surface area contributed by atoms with E-state index in [1.54, 1.807) is 6.07 Å². The smallest absolute Gasteiger partial charge is 0.128 e. The van der Waals surface area contributed by atoms with Gasteiger partial charge < -0.3 is 14.7 Å². The molecule has 1 aliphatic carbocycles. The van der Waals surface area contributed by atoms with Crippen molar-refractivity contribution in [1.82, 2.24) is 4.98 Å². The summed E-state index contributed by atoms with van der Waals surface area (Å²) in [4.78, 5) is 6.86. The molecular formula is C20H23ClN2O2. The standard InChI is InChI=1S/C20H23ClN2O2/c1-13-5-6-22-20(7-13)23-11-14-8-18(24)19(9-15(14)12-23)25-17-4-2-3-16(21)10-17/h2-7,10,14-15,18-19,24H,8-9,11-12H2,1H3/t14-,15+,18+,19+/m0/s1. The minimum atomic E-state index is -0.439. The lowest BCUT2D eigenvalue weighted by Crippen LogP contribution is -2.42. The molecule has 5 heteroatoms. The minimum Gasteiger partial charge on any atom is -0.488 e.